The highest BCUT2D eigenvalue weighted by Gasteiger charge is 2.28. The summed E-state index contributed by atoms with van der Waals surface area (Å²) in [5, 5.41) is 13.2. The number of nitrogens with one attached hydrogen (secondary N) is 1. The summed E-state index contributed by atoms with van der Waals surface area (Å²) in [4.78, 5) is 2.05. The van der Waals surface area contributed by atoms with Crippen LogP contribution < -0.4 is 20.4 Å². The fourth-order valence-corrected chi connectivity index (χ4v) is 5.31. The number of aromatic nitrogens is 2. The predicted octanol–water partition coefficient (Wildman–Crippen LogP) is 6.30. The Labute approximate surface area is 240 Å². The maximum Gasteiger partial charge on any atom is 0.168 e. The molecule has 2 heterocycles. The van der Waals surface area contributed by atoms with E-state index in [-0.39, 0.29) is 5.11 Å². The van der Waals surface area contributed by atoms with Gasteiger partial charge in [0.1, 0.15) is 29.3 Å². The van der Waals surface area contributed by atoms with Gasteiger partial charge >= 0.3 is 0 Å². The smallest absolute Gasteiger partial charge is 0.168 e. The number of hydrogen-bond acceptors (Lipinski definition) is 5. The largest absolute Gasteiger partial charge is 0.461 e. The van der Waals surface area contributed by atoms with Crippen LogP contribution in [-0.2, 0) is 13.0 Å². The molecule has 3 N–H and O–H groups in total. The SMILES string of the molecule is Cc1oc2ccc(NC(N)=S)cc2c1CC[N+](C)(Cc1cc(N(C)C)cnn1)c1cccc(-c2ccccc2)c1. The maximum atomic E-state index is 6.14. The van der Waals surface area contributed by atoms with Crippen LogP contribution in [0.4, 0.5) is 17.1 Å². The zero-order valence-corrected chi connectivity index (χ0v) is 24.2. The van der Waals surface area contributed by atoms with E-state index < -0.39 is 0 Å². The van der Waals surface area contributed by atoms with Crippen LogP contribution in [0.3, 0.4) is 0 Å². The second-order valence-electron chi connectivity index (χ2n) is 10.6. The molecular formula is C32H35N6OS+. The number of nitrogens with two attached hydrogens (primary N) is 1. The number of likely N-dealkylation sites (N-methyl/N-ethyl adjacent to an activating group) is 1. The number of hydrogen-bond donors (Lipinski definition) is 2. The molecule has 0 aliphatic carbocycles. The number of thiocarbonyl (C=S) groups is 1. The quantitative estimate of drug-likeness (QED) is 0.164. The Balaban J connectivity index is 1.53. The molecule has 204 valence electrons. The summed E-state index contributed by atoms with van der Waals surface area (Å²) in [6.45, 7) is 3.55. The Kier molecular flexibility index (Phi) is 7.82. The lowest BCUT2D eigenvalue weighted by Gasteiger charge is -2.34. The van der Waals surface area contributed by atoms with Gasteiger partial charge in [-0.1, -0.05) is 42.5 Å². The standard InChI is InChI=1S/C32H34N6OS/c1-22-29(30-19-25(35-32(33)40)13-14-31(30)39-22)15-16-38(4,21-26-18-27(37(2)3)20-34-36-26)28-12-8-11-24(17-28)23-9-6-5-7-10-23/h5-14,17-20H,15-16,21H2,1-4H3,(H2-,33,35,40)/p+1. The van der Waals surface area contributed by atoms with E-state index in [9.17, 15) is 0 Å². The Hall–Kier alpha value is -4.27. The number of rotatable bonds is 9. The van der Waals surface area contributed by atoms with Crippen LogP contribution in [0.5, 0.6) is 0 Å². The highest BCUT2D eigenvalue weighted by atomic mass is 32.1. The monoisotopic (exact) mass is 551 g/mol. The molecule has 0 radical (unpaired) electrons. The summed E-state index contributed by atoms with van der Waals surface area (Å²) in [5.74, 6) is 0.918. The van der Waals surface area contributed by atoms with Crippen molar-refractivity contribution in [1.29, 1.82) is 0 Å². The van der Waals surface area contributed by atoms with Crippen molar-refractivity contribution < 1.29 is 4.42 Å². The summed E-state index contributed by atoms with van der Waals surface area (Å²) >= 11 is 5.05. The average Bonchev–Trinajstić information content (AvgIpc) is 3.26. The Morgan fingerprint density at radius 1 is 1.00 bits per heavy atom. The lowest BCUT2D eigenvalue weighted by molar-refractivity contribution is 0.320. The summed E-state index contributed by atoms with van der Waals surface area (Å²) < 4.78 is 6.78. The Morgan fingerprint density at radius 3 is 2.52 bits per heavy atom. The van der Waals surface area contributed by atoms with E-state index in [4.69, 9.17) is 22.4 Å². The van der Waals surface area contributed by atoms with E-state index in [1.165, 1.54) is 22.4 Å². The number of fused-ring (bicyclic) bond motifs is 1. The zero-order valence-electron chi connectivity index (χ0n) is 23.4. The van der Waals surface area contributed by atoms with Gasteiger partial charge in [-0.2, -0.15) is 5.10 Å². The second-order valence-corrected chi connectivity index (χ2v) is 11.0. The van der Waals surface area contributed by atoms with Gasteiger partial charge in [0.05, 0.1) is 25.5 Å². The number of aryl methyl sites for hydroxylation is 1. The van der Waals surface area contributed by atoms with Gasteiger partial charge in [-0.15, -0.1) is 5.10 Å². The number of furan rings is 1. The van der Waals surface area contributed by atoms with Crippen molar-refractivity contribution in [3.05, 3.63) is 102 Å². The molecule has 5 aromatic rings. The first-order valence-corrected chi connectivity index (χ1v) is 13.7. The molecule has 0 aliphatic rings. The van der Waals surface area contributed by atoms with E-state index in [1.807, 2.05) is 39.2 Å². The molecule has 0 saturated carbocycles. The minimum absolute atomic E-state index is 0.240. The van der Waals surface area contributed by atoms with Gasteiger partial charge in [-0.3, -0.25) is 4.48 Å². The molecule has 0 fully saturated rings. The van der Waals surface area contributed by atoms with E-state index in [1.54, 1.807) is 6.20 Å². The minimum Gasteiger partial charge on any atom is -0.461 e. The van der Waals surface area contributed by atoms with Crippen LogP contribution in [0.2, 0.25) is 0 Å². The molecular weight excluding hydrogens is 516 g/mol. The number of nitrogens with zero attached hydrogens (tertiary/aromatic N) is 4. The topological polar surface area (TPSA) is 80.2 Å². The number of anilines is 2. The molecule has 0 saturated heterocycles. The minimum atomic E-state index is 0.240. The third-order valence-corrected chi connectivity index (χ3v) is 7.51. The van der Waals surface area contributed by atoms with Gasteiger partial charge in [0.2, 0.25) is 0 Å². The van der Waals surface area contributed by atoms with Crippen LogP contribution in [0.25, 0.3) is 22.1 Å². The molecule has 0 amide bonds. The first-order valence-electron chi connectivity index (χ1n) is 13.3. The second kappa shape index (κ2) is 11.5. The molecule has 1 unspecified atom stereocenters. The summed E-state index contributed by atoms with van der Waals surface area (Å²) in [6.07, 6.45) is 2.60. The average molecular weight is 552 g/mol. The van der Waals surface area contributed by atoms with Gasteiger partial charge in [0, 0.05) is 43.2 Å². The highest BCUT2D eigenvalue weighted by molar-refractivity contribution is 7.80. The lowest BCUT2D eigenvalue weighted by Crippen LogP contribution is -2.46. The fourth-order valence-electron chi connectivity index (χ4n) is 5.19. The normalized spacial score (nSPS) is 12.7. The molecule has 40 heavy (non-hydrogen) atoms. The molecule has 0 spiro atoms. The first-order chi connectivity index (χ1) is 19.2. The van der Waals surface area contributed by atoms with E-state index in [2.05, 4.69) is 88.1 Å². The molecule has 2 aromatic heterocycles. The van der Waals surface area contributed by atoms with Gasteiger partial charge in [-0.25, -0.2) is 0 Å². The molecule has 8 heteroatoms. The van der Waals surface area contributed by atoms with Crippen molar-refractivity contribution in [3.63, 3.8) is 0 Å². The summed E-state index contributed by atoms with van der Waals surface area (Å²) in [5.41, 5.74) is 14.2. The van der Waals surface area contributed by atoms with Crippen LogP contribution >= 0.6 is 12.2 Å². The summed E-state index contributed by atoms with van der Waals surface area (Å²) in [7, 11) is 6.31. The van der Waals surface area contributed by atoms with E-state index in [0.717, 1.165) is 46.8 Å². The number of benzene rings is 3. The van der Waals surface area contributed by atoms with Crippen molar-refractivity contribution in [2.75, 3.05) is 37.9 Å². The zero-order chi connectivity index (χ0) is 28.3. The Morgan fingerprint density at radius 2 is 1.77 bits per heavy atom. The summed E-state index contributed by atoms with van der Waals surface area (Å²) in [6, 6.07) is 27.4. The third kappa shape index (κ3) is 5.98. The number of quaternary nitrogens is 1. The van der Waals surface area contributed by atoms with Gasteiger partial charge < -0.3 is 20.4 Å². The van der Waals surface area contributed by atoms with Crippen LogP contribution in [0.15, 0.2) is 89.5 Å². The van der Waals surface area contributed by atoms with Crippen molar-refractivity contribution in [2.45, 2.75) is 19.9 Å². The van der Waals surface area contributed by atoms with Crippen molar-refractivity contribution in [3.8, 4) is 11.1 Å². The van der Waals surface area contributed by atoms with Crippen LogP contribution in [0, 0.1) is 6.92 Å². The lowest BCUT2D eigenvalue weighted by atomic mass is 10.0. The van der Waals surface area contributed by atoms with Crippen LogP contribution in [-0.4, -0.2) is 43.0 Å². The van der Waals surface area contributed by atoms with Crippen LogP contribution in [0.1, 0.15) is 17.0 Å². The molecule has 7 nitrogen and oxygen atoms in total. The third-order valence-electron chi connectivity index (χ3n) is 7.41. The molecule has 3 aromatic carbocycles. The highest BCUT2D eigenvalue weighted by Crippen LogP contribution is 2.33. The van der Waals surface area contributed by atoms with Gasteiger partial charge in [-0.05, 0) is 60.6 Å². The predicted molar refractivity (Wildman–Crippen MR) is 170 cm³/mol. The van der Waals surface area contributed by atoms with E-state index in [0.29, 0.717) is 11.0 Å². The first kappa shape index (κ1) is 27.3. The molecule has 1 atom stereocenters. The van der Waals surface area contributed by atoms with Crippen molar-refractivity contribution in [1.82, 2.24) is 14.7 Å². The molecule has 5 rings (SSSR count). The van der Waals surface area contributed by atoms with Gasteiger partial charge in [0.25, 0.3) is 0 Å². The van der Waals surface area contributed by atoms with Crippen molar-refractivity contribution in [2.24, 2.45) is 5.73 Å². The van der Waals surface area contributed by atoms with Gasteiger partial charge in [0.15, 0.2) is 5.11 Å². The Bertz CT molecular complexity index is 1650. The fraction of sp³-hybridized carbons (Fsp3) is 0.219. The maximum absolute atomic E-state index is 6.14. The molecule has 0 bridgehead atoms. The molecule has 0 aliphatic heterocycles. The van der Waals surface area contributed by atoms with Crippen molar-refractivity contribution >= 4 is 45.4 Å². The van der Waals surface area contributed by atoms with E-state index >= 15 is 0 Å².